The first-order valence-corrected chi connectivity index (χ1v) is 12.6. The zero-order valence-electron chi connectivity index (χ0n) is 23.6. The van der Waals surface area contributed by atoms with E-state index in [0.717, 1.165) is 0 Å². The van der Waals surface area contributed by atoms with Crippen molar-refractivity contribution in [3.05, 3.63) is 0 Å². The molecule has 0 saturated heterocycles. The Bertz CT molecular complexity index is 755. The zero-order valence-corrected chi connectivity index (χ0v) is 23.6. The molecule has 0 heterocycles. The van der Waals surface area contributed by atoms with Crippen LogP contribution in [0, 0.1) is 17.8 Å². The number of carbonyl (C=O) groups excluding carboxylic acids is 5. The van der Waals surface area contributed by atoms with E-state index < -0.39 is 48.0 Å². The highest BCUT2D eigenvalue weighted by atomic mass is 16.6. The molecule has 0 aromatic heterocycles. The Morgan fingerprint density at radius 1 is 0.722 bits per heavy atom. The lowest BCUT2D eigenvalue weighted by atomic mass is 9.97. The van der Waals surface area contributed by atoms with Crippen molar-refractivity contribution in [3.63, 3.8) is 0 Å². The average Bonchev–Trinajstić information content (AvgIpc) is 2.78. The number of likely N-dealkylation sites (N-methyl/N-ethyl adjacent to an activating group) is 2. The summed E-state index contributed by atoms with van der Waals surface area (Å²) in [6, 6.07) is -3.26. The third-order valence-corrected chi connectivity index (χ3v) is 5.62. The van der Waals surface area contributed by atoms with Gasteiger partial charge in [-0.25, -0.2) is 9.59 Å². The molecule has 0 aliphatic carbocycles. The van der Waals surface area contributed by atoms with Gasteiger partial charge in [-0.15, -0.1) is 0 Å². The van der Waals surface area contributed by atoms with Gasteiger partial charge in [-0.1, -0.05) is 41.5 Å². The summed E-state index contributed by atoms with van der Waals surface area (Å²) in [5.74, 6) is -1.68. The minimum atomic E-state index is -1.11. The molecule has 0 saturated carbocycles. The molecule has 0 aromatic rings. The molecule has 11 heteroatoms. The maximum Gasteiger partial charge on any atom is 0.414 e. The molecule has 0 radical (unpaired) electrons. The van der Waals surface area contributed by atoms with Crippen LogP contribution in [0.4, 0.5) is 4.79 Å². The van der Waals surface area contributed by atoms with Crippen LogP contribution in [0.5, 0.6) is 0 Å². The van der Waals surface area contributed by atoms with Crippen molar-refractivity contribution in [1.82, 2.24) is 26.2 Å². The van der Waals surface area contributed by atoms with Crippen LogP contribution >= 0.6 is 0 Å². The highest BCUT2D eigenvalue weighted by Gasteiger charge is 2.35. The summed E-state index contributed by atoms with van der Waals surface area (Å²) in [6.45, 7) is 13.2. The van der Waals surface area contributed by atoms with E-state index in [9.17, 15) is 24.0 Å². The van der Waals surface area contributed by atoms with Crippen molar-refractivity contribution in [2.45, 2.75) is 91.9 Å². The first kappa shape index (κ1) is 33.3. The van der Waals surface area contributed by atoms with Crippen molar-refractivity contribution in [2.75, 3.05) is 21.1 Å². The lowest BCUT2D eigenvalue weighted by molar-refractivity contribution is -0.145. The molecule has 0 aromatic carbocycles. The van der Waals surface area contributed by atoms with Gasteiger partial charge in [0.15, 0.2) is 0 Å². The van der Waals surface area contributed by atoms with Gasteiger partial charge in [0.25, 0.3) is 0 Å². The smallest absolute Gasteiger partial charge is 0.375 e. The van der Waals surface area contributed by atoms with Crippen LogP contribution in [0.1, 0.15) is 67.7 Å². The Kier molecular flexibility index (Phi) is 14.9. The van der Waals surface area contributed by atoms with E-state index in [4.69, 9.17) is 0 Å². The molecule has 4 atom stereocenters. The van der Waals surface area contributed by atoms with Crippen LogP contribution in [0.2, 0.25) is 0 Å². The summed E-state index contributed by atoms with van der Waals surface area (Å²) >= 11 is 0. The van der Waals surface area contributed by atoms with E-state index in [-0.39, 0.29) is 23.7 Å². The molecule has 0 unspecified atom stereocenters. The number of esters is 1. The number of rotatable bonds is 14. The second-order valence-electron chi connectivity index (χ2n) is 10.4. The maximum atomic E-state index is 13.5. The molecule has 0 aliphatic rings. The molecule has 11 nitrogen and oxygen atoms in total. The summed E-state index contributed by atoms with van der Waals surface area (Å²) in [5, 5.41) is 10.6. The van der Waals surface area contributed by atoms with E-state index in [1.807, 2.05) is 41.5 Å². The highest BCUT2D eigenvalue weighted by molar-refractivity contribution is 5.95. The highest BCUT2D eigenvalue weighted by Crippen LogP contribution is 2.16. The first-order chi connectivity index (χ1) is 16.6. The Morgan fingerprint density at radius 3 is 1.67 bits per heavy atom. The predicted octanol–water partition coefficient (Wildman–Crippen LogP) is 1.41. The van der Waals surface area contributed by atoms with Crippen LogP contribution in [-0.4, -0.2) is 80.0 Å². The predicted molar refractivity (Wildman–Crippen MR) is 138 cm³/mol. The van der Waals surface area contributed by atoms with Crippen LogP contribution in [0.3, 0.4) is 0 Å². The number of hydrogen-bond acceptors (Lipinski definition) is 7. The van der Waals surface area contributed by atoms with Gasteiger partial charge in [0.05, 0.1) is 6.04 Å². The van der Waals surface area contributed by atoms with E-state index in [1.165, 1.54) is 25.9 Å². The number of hydrogen-bond donors (Lipinski definition) is 4. The number of nitrogens with one attached hydrogen (secondary N) is 4. The van der Waals surface area contributed by atoms with Crippen LogP contribution in [0.25, 0.3) is 0 Å². The summed E-state index contributed by atoms with van der Waals surface area (Å²) < 4.78 is 4.58. The number of carbonyl (C=O) groups is 5. The number of nitrogens with zero attached hydrogens (tertiary/aromatic N) is 1. The zero-order chi connectivity index (χ0) is 28.2. The minimum absolute atomic E-state index is 0.0574. The third kappa shape index (κ3) is 11.8. The summed E-state index contributed by atoms with van der Waals surface area (Å²) in [6.07, 6.45) is 0.415. The van der Waals surface area contributed by atoms with Crippen molar-refractivity contribution in [2.24, 2.45) is 17.8 Å². The van der Waals surface area contributed by atoms with Crippen molar-refractivity contribution < 1.29 is 28.7 Å². The van der Waals surface area contributed by atoms with E-state index in [1.54, 1.807) is 7.05 Å². The van der Waals surface area contributed by atoms with E-state index in [2.05, 4.69) is 26.0 Å². The number of alkyl carbamates (subject to hydrolysis) is 1. The molecule has 208 valence electrons. The van der Waals surface area contributed by atoms with Crippen LogP contribution < -0.4 is 21.3 Å². The monoisotopic (exact) mass is 513 g/mol. The Hall–Kier alpha value is -2.69. The van der Waals surface area contributed by atoms with Gasteiger partial charge in [-0.3, -0.25) is 14.4 Å². The van der Waals surface area contributed by atoms with Gasteiger partial charge in [-0.05, 0) is 51.0 Å². The first-order valence-electron chi connectivity index (χ1n) is 12.6. The fourth-order valence-electron chi connectivity index (χ4n) is 3.68. The number of ether oxygens (including phenoxy) is 1. The molecule has 0 aliphatic heterocycles. The Labute approximate surface area is 215 Å². The SMILES string of the molecule is CNC(=O)OC(=O)[C@@H](C)NC(=O)[C@H](CC(C)C)N(C)C(=O)[C@H](CC(C)C)NC(=O)[C@H](CC(C)C)NC. The topological polar surface area (TPSA) is 146 Å². The largest absolute Gasteiger partial charge is 0.414 e. The molecular weight excluding hydrogens is 466 g/mol. The Morgan fingerprint density at radius 2 is 1.22 bits per heavy atom. The normalized spacial score (nSPS) is 14.6. The standard InChI is InChI=1S/C25H47N5O6/c1-14(2)11-18(26-8)21(31)29-19(12-15(3)4)23(33)30(10)20(13-16(5)6)22(32)28-17(7)24(34)36-25(35)27-9/h14-20,26H,11-13H2,1-10H3,(H,27,35)(H,28,32)(H,29,31)/t17-,18+,19+,20+/m1/s1. The minimum Gasteiger partial charge on any atom is -0.375 e. The average molecular weight is 514 g/mol. The van der Waals surface area contributed by atoms with Gasteiger partial charge in [0, 0.05) is 14.1 Å². The summed E-state index contributed by atoms with van der Waals surface area (Å²) in [5.41, 5.74) is 0. The molecule has 0 fully saturated rings. The molecule has 4 amide bonds. The fraction of sp³-hybridized carbons (Fsp3) is 0.800. The van der Waals surface area contributed by atoms with E-state index in [0.29, 0.717) is 19.3 Å². The molecule has 0 spiro atoms. The molecule has 36 heavy (non-hydrogen) atoms. The molecule has 4 N–H and O–H groups in total. The van der Waals surface area contributed by atoms with Crippen molar-refractivity contribution in [3.8, 4) is 0 Å². The maximum absolute atomic E-state index is 13.5. The van der Waals surface area contributed by atoms with E-state index >= 15 is 0 Å². The van der Waals surface area contributed by atoms with Gasteiger partial charge in [0.2, 0.25) is 17.7 Å². The summed E-state index contributed by atoms with van der Waals surface area (Å²) in [4.78, 5) is 64.3. The molecule has 0 rings (SSSR count). The second kappa shape index (κ2) is 16.1. The second-order valence-corrected chi connectivity index (χ2v) is 10.4. The van der Waals surface area contributed by atoms with Gasteiger partial charge >= 0.3 is 12.1 Å². The van der Waals surface area contributed by atoms with Crippen molar-refractivity contribution >= 4 is 29.8 Å². The lowest BCUT2D eigenvalue weighted by Crippen LogP contribution is -2.58. The van der Waals surface area contributed by atoms with Gasteiger partial charge in [-0.2, -0.15) is 0 Å². The third-order valence-electron chi connectivity index (χ3n) is 5.62. The number of amides is 4. The quantitative estimate of drug-likeness (QED) is 0.203. The molecule has 0 bridgehead atoms. The van der Waals surface area contributed by atoms with Crippen LogP contribution in [0.15, 0.2) is 0 Å². The fourth-order valence-corrected chi connectivity index (χ4v) is 3.68. The van der Waals surface area contributed by atoms with Gasteiger partial charge < -0.3 is 30.9 Å². The summed E-state index contributed by atoms with van der Waals surface area (Å²) in [7, 11) is 4.54. The molecular formula is C25H47N5O6. The van der Waals surface area contributed by atoms with Crippen molar-refractivity contribution in [1.29, 1.82) is 0 Å². The Balaban J connectivity index is 5.73. The van der Waals surface area contributed by atoms with Crippen LogP contribution in [-0.2, 0) is 23.9 Å². The lowest BCUT2D eigenvalue weighted by Gasteiger charge is -2.33. The van der Waals surface area contributed by atoms with Gasteiger partial charge in [0.1, 0.15) is 18.1 Å².